The highest BCUT2D eigenvalue weighted by Gasteiger charge is 2.32. The molecule has 4 aromatic rings. The van der Waals surface area contributed by atoms with E-state index < -0.39 is 17.6 Å². The van der Waals surface area contributed by atoms with Gasteiger partial charge in [-0.15, -0.1) is 0 Å². The summed E-state index contributed by atoms with van der Waals surface area (Å²) in [5.74, 6) is -0.397. The number of aliphatic hydroxyl groups is 1. The van der Waals surface area contributed by atoms with Crippen molar-refractivity contribution >= 4 is 16.7 Å². The van der Waals surface area contributed by atoms with Crippen LogP contribution in [-0.2, 0) is 32.8 Å². The van der Waals surface area contributed by atoms with Gasteiger partial charge in [-0.1, -0.05) is 31.2 Å². The molecular weight excluding hydrogens is 434 g/mol. The van der Waals surface area contributed by atoms with Crippen LogP contribution in [0, 0.1) is 5.82 Å². The van der Waals surface area contributed by atoms with E-state index in [-0.39, 0.29) is 13.2 Å². The van der Waals surface area contributed by atoms with Gasteiger partial charge in [0.15, 0.2) is 0 Å². The van der Waals surface area contributed by atoms with Crippen molar-refractivity contribution in [3.8, 4) is 0 Å². The van der Waals surface area contributed by atoms with Crippen molar-refractivity contribution < 1.29 is 22.7 Å². The van der Waals surface area contributed by atoms with Gasteiger partial charge in [0.25, 0.3) is 0 Å². The Labute approximate surface area is 188 Å². The lowest BCUT2D eigenvalue weighted by atomic mass is 10.1. The average Bonchev–Trinajstić information content (AvgIpc) is 3.05. The zero-order valence-electron chi connectivity index (χ0n) is 18.2. The summed E-state index contributed by atoms with van der Waals surface area (Å²) < 4.78 is 57.9. The Kier molecular flexibility index (Phi) is 6.12. The second kappa shape index (κ2) is 8.86. The lowest BCUT2D eigenvalue weighted by molar-refractivity contribution is -0.137. The summed E-state index contributed by atoms with van der Waals surface area (Å²) in [7, 11) is 1.77. The van der Waals surface area contributed by atoms with E-state index in [1.165, 1.54) is 30.3 Å². The van der Waals surface area contributed by atoms with Gasteiger partial charge in [-0.3, -0.25) is 0 Å². The molecule has 172 valence electrons. The molecule has 8 heteroatoms. The van der Waals surface area contributed by atoms with E-state index in [4.69, 9.17) is 0 Å². The summed E-state index contributed by atoms with van der Waals surface area (Å²) >= 11 is 0. The van der Waals surface area contributed by atoms with E-state index >= 15 is 0 Å². The van der Waals surface area contributed by atoms with E-state index in [2.05, 4.69) is 4.99 Å². The number of aromatic nitrogens is 2. The summed E-state index contributed by atoms with van der Waals surface area (Å²) in [4.78, 5) is 4.65. The Morgan fingerprint density at radius 3 is 2.15 bits per heavy atom. The topological polar surface area (TPSA) is 42.5 Å². The van der Waals surface area contributed by atoms with Crippen LogP contribution in [0.4, 0.5) is 23.2 Å². The number of benzene rings is 3. The number of hydrogen-bond donors (Lipinski definition) is 1. The van der Waals surface area contributed by atoms with E-state index in [1.807, 2.05) is 19.1 Å². The smallest absolute Gasteiger partial charge is 0.392 e. The van der Waals surface area contributed by atoms with Crippen LogP contribution < -0.4 is 5.62 Å². The molecule has 3 aromatic carbocycles. The summed E-state index contributed by atoms with van der Waals surface area (Å²) in [6, 6.07) is 15.2. The van der Waals surface area contributed by atoms with Gasteiger partial charge in [0.2, 0.25) is 5.62 Å². The fourth-order valence-corrected chi connectivity index (χ4v) is 3.95. The highest BCUT2D eigenvalue weighted by molar-refractivity contribution is 5.81. The van der Waals surface area contributed by atoms with Gasteiger partial charge in [-0.05, 0) is 59.5 Å². The molecule has 1 heterocycles. The first-order valence-corrected chi connectivity index (χ1v) is 10.5. The predicted molar refractivity (Wildman–Crippen MR) is 118 cm³/mol. The van der Waals surface area contributed by atoms with E-state index in [9.17, 15) is 22.7 Å². The molecule has 0 atom stereocenters. The van der Waals surface area contributed by atoms with Crippen molar-refractivity contribution in [2.75, 3.05) is 0 Å². The lowest BCUT2D eigenvalue weighted by Crippen LogP contribution is -2.24. The zero-order chi connectivity index (χ0) is 23.8. The molecule has 0 saturated heterocycles. The molecule has 4 nitrogen and oxygen atoms in total. The second-order valence-electron chi connectivity index (χ2n) is 7.86. The fraction of sp³-hybridized carbons (Fsp3) is 0.240. The number of rotatable bonds is 5. The highest BCUT2D eigenvalue weighted by Crippen LogP contribution is 2.33. The highest BCUT2D eigenvalue weighted by atomic mass is 19.4. The minimum Gasteiger partial charge on any atom is -0.392 e. The van der Waals surface area contributed by atoms with Gasteiger partial charge >= 0.3 is 6.18 Å². The van der Waals surface area contributed by atoms with E-state index in [0.717, 1.165) is 17.2 Å². The van der Waals surface area contributed by atoms with Crippen molar-refractivity contribution in [3.63, 3.8) is 0 Å². The van der Waals surface area contributed by atoms with Gasteiger partial charge in [-0.25, -0.2) is 9.38 Å². The molecule has 0 bridgehead atoms. The van der Waals surface area contributed by atoms with Crippen molar-refractivity contribution in [1.29, 1.82) is 0 Å². The van der Waals surface area contributed by atoms with Crippen LogP contribution in [0.25, 0.3) is 11.0 Å². The molecule has 0 radical (unpaired) electrons. The lowest BCUT2D eigenvalue weighted by Gasteiger charge is -2.12. The maximum Gasteiger partial charge on any atom is 0.416 e. The van der Waals surface area contributed by atoms with Gasteiger partial charge in [0.1, 0.15) is 5.82 Å². The molecule has 4 rings (SSSR count). The largest absolute Gasteiger partial charge is 0.416 e. The first-order valence-electron chi connectivity index (χ1n) is 10.5. The number of aliphatic hydroxyl groups excluding tert-OH is 1. The van der Waals surface area contributed by atoms with Crippen molar-refractivity contribution in [3.05, 3.63) is 94.4 Å². The number of imidazole rings is 1. The monoisotopic (exact) mass is 457 g/mol. The van der Waals surface area contributed by atoms with Crippen LogP contribution in [-0.4, -0.2) is 14.2 Å². The minimum absolute atomic E-state index is 0.0956. The normalized spacial score (nSPS) is 12.6. The molecule has 1 N–H and O–H groups in total. The van der Waals surface area contributed by atoms with Gasteiger partial charge in [-0.2, -0.15) is 13.2 Å². The molecule has 1 aromatic heterocycles. The van der Waals surface area contributed by atoms with E-state index in [1.54, 1.807) is 28.3 Å². The van der Waals surface area contributed by atoms with E-state index in [0.29, 0.717) is 34.3 Å². The molecule has 0 aliphatic carbocycles. The SMILES string of the molecule is CCc1cc(C(F)(F)F)cc2c1n(C)c(=Nc1ccc(F)cc1)n2Cc1ccc(CO)cc1. The molecule has 0 aliphatic rings. The average molecular weight is 457 g/mol. The Morgan fingerprint density at radius 2 is 1.58 bits per heavy atom. The Balaban J connectivity index is 2.02. The van der Waals surface area contributed by atoms with Crippen LogP contribution in [0.2, 0.25) is 0 Å². The van der Waals surface area contributed by atoms with Crippen LogP contribution in [0.3, 0.4) is 0 Å². The predicted octanol–water partition coefficient (Wildman–Crippen LogP) is 5.47. The molecule has 0 amide bonds. The summed E-state index contributed by atoms with van der Waals surface area (Å²) in [6.45, 7) is 1.99. The van der Waals surface area contributed by atoms with Crippen molar-refractivity contribution in [2.24, 2.45) is 12.0 Å². The zero-order valence-corrected chi connectivity index (χ0v) is 18.2. The van der Waals surface area contributed by atoms with Crippen LogP contribution in [0.1, 0.15) is 29.2 Å². The van der Waals surface area contributed by atoms with Crippen molar-refractivity contribution in [2.45, 2.75) is 32.7 Å². The molecule has 0 fully saturated rings. The first-order chi connectivity index (χ1) is 15.7. The third kappa shape index (κ3) is 4.57. The molecular formula is C25H23F4N3O. The summed E-state index contributed by atoms with van der Waals surface area (Å²) in [5.41, 5.74) is 3.44. The molecule has 0 saturated carbocycles. The van der Waals surface area contributed by atoms with Gasteiger partial charge in [0.05, 0.1) is 35.4 Å². The fourth-order valence-electron chi connectivity index (χ4n) is 3.95. The van der Waals surface area contributed by atoms with Crippen LogP contribution >= 0.6 is 0 Å². The number of aryl methyl sites for hydroxylation is 2. The number of alkyl halides is 3. The second-order valence-corrected chi connectivity index (χ2v) is 7.86. The third-order valence-electron chi connectivity index (χ3n) is 5.65. The maximum atomic E-state index is 13.7. The van der Waals surface area contributed by atoms with Crippen LogP contribution in [0.15, 0.2) is 65.7 Å². The Bertz CT molecular complexity index is 1350. The number of fused-ring (bicyclic) bond motifs is 1. The quantitative estimate of drug-likeness (QED) is 0.397. The standard InChI is InChI=1S/C25H23F4N3O/c1-3-18-12-19(25(27,28)29)13-22-23(18)31(2)24(30-21-10-8-20(26)9-11-21)32(22)14-16-4-6-17(15-33)7-5-16/h4-13,33H,3,14-15H2,1-2H3. The third-order valence-corrected chi connectivity index (χ3v) is 5.65. The molecule has 0 aliphatic heterocycles. The molecule has 33 heavy (non-hydrogen) atoms. The maximum absolute atomic E-state index is 13.7. The van der Waals surface area contributed by atoms with Gasteiger partial charge < -0.3 is 14.2 Å². The number of hydrogen-bond acceptors (Lipinski definition) is 2. The Morgan fingerprint density at radius 1 is 0.939 bits per heavy atom. The van der Waals surface area contributed by atoms with Crippen LogP contribution in [0.5, 0.6) is 0 Å². The van der Waals surface area contributed by atoms with Gasteiger partial charge in [0, 0.05) is 7.05 Å². The van der Waals surface area contributed by atoms with Crippen molar-refractivity contribution in [1.82, 2.24) is 9.13 Å². The number of nitrogens with zero attached hydrogens (tertiary/aromatic N) is 3. The summed E-state index contributed by atoms with van der Waals surface area (Å²) in [6.07, 6.45) is -4.07. The molecule has 0 unspecified atom stereocenters. The first kappa shape index (κ1) is 22.8. The minimum atomic E-state index is -4.48. The molecule has 0 spiro atoms. The summed E-state index contributed by atoms with van der Waals surface area (Å²) in [5, 5.41) is 9.30. The Hall–Kier alpha value is -3.39. The number of halogens is 4.